The second-order valence-electron chi connectivity index (χ2n) is 3.06. The second-order valence-corrected chi connectivity index (χ2v) is 3.06. The van der Waals surface area contributed by atoms with Gasteiger partial charge in [-0.1, -0.05) is 24.1 Å². The molecule has 1 heterocycles. The standard InChI is InChI=1S/C12H11N3/c1-2-3-8-13-12-9-14-15-11-7-5-4-6-10(11)12/h4-7,9H,8H2,1H3,(H,13,15). The van der Waals surface area contributed by atoms with E-state index in [1.165, 1.54) is 0 Å². The van der Waals surface area contributed by atoms with Crippen molar-refractivity contribution in [2.24, 2.45) is 0 Å². The van der Waals surface area contributed by atoms with Crippen LogP contribution < -0.4 is 5.32 Å². The average molecular weight is 197 g/mol. The molecule has 74 valence electrons. The lowest BCUT2D eigenvalue weighted by atomic mass is 10.2. The molecule has 0 spiro atoms. The molecule has 0 amide bonds. The van der Waals surface area contributed by atoms with E-state index in [9.17, 15) is 0 Å². The van der Waals surface area contributed by atoms with E-state index in [0.717, 1.165) is 16.6 Å². The van der Waals surface area contributed by atoms with Crippen molar-refractivity contribution in [3.63, 3.8) is 0 Å². The Morgan fingerprint density at radius 3 is 3.07 bits per heavy atom. The van der Waals surface area contributed by atoms with Crippen LogP contribution in [0.25, 0.3) is 10.9 Å². The fourth-order valence-electron chi connectivity index (χ4n) is 1.38. The van der Waals surface area contributed by atoms with Gasteiger partial charge in [0.2, 0.25) is 0 Å². The fourth-order valence-corrected chi connectivity index (χ4v) is 1.38. The third-order valence-corrected chi connectivity index (χ3v) is 2.09. The number of hydrogen-bond donors (Lipinski definition) is 1. The maximum absolute atomic E-state index is 4.04. The van der Waals surface area contributed by atoms with E-state index in [0.29, 0.717) is 6.54 Å². The molecule has 0 atom stereocenters. The summed E-state index contributed by atoms with van der Waals surface area (Å²) in [6, 6.07) is 7.90. The molecule has 1 aromatic heterocycles. The lowest BCUT2D eigenvalue weighted by Crippen LogP contribution is -2.00. The number of fused-ring (bicyclic) bond motifs is 1. The van der Waals surface area contributed by atoms with Crippen LogP contribution in [0.4, 0.5) is 5.69 Å². The first-order chi connectivity index (χ1) is 7.42. The number of aromatic nitrogens is 2. The summed E-state index contributed by atoms with van der Waals surface area (Å²) in [5.74, 6) is 5.79. The van der Waals surface area contributed by atoms with Gasteiger partial charge in [0.25, 0.3) is 0 Å². The van der Waals surface area contributed by atoms with Crippen LogP contribution >= 0.6 is 0 Å². The molecule has 0 bridgehead atoms. The van der Waals surface area contributed by atoms with Crippen LogP contribution in [0.2, 0.25) is 0 Å². The molecule has 15 heavy (non-hydrogen) atoms. The van der Waals surface area contributed by atoms with Crippen molar-refractivity contribution < 1.29 is 0 Å². The molecule has 2 rings (SSSR count). The minimum atomic E-state index is 0.631. The summed E-state index contributed by atoms with van der Waals surface area (Å²) in [4.78, 5) is 0. The molecule has 0 unspecified atom stereocenters. The smallest absolute Gasteiger partial charge is 0.0950 e. The van der Waals surface area contributed by atoms with Crippen LogP contribution in [0.5, 0.6) is 0 Å². The molecule has 0 aliphatic carbocycles. The molecule has 0 aliphatic rings. The quantitative estimate of drug-likeness (QED) is 0.749. The number of rotatable bonds is 2. The van der Waals surface area contributed by atoms with Crippen molar-refractivity contribution in [1.82, 2.24) is 10.2 Å². The number of nitrogens with one attached hydrogen (secondary N) is 1. The third kappa shape index (κ3) is 2.05. The minimum absolute atomic E-state index is 0.631. The van der Waals surface area contributed by atoms with Gasteiger partial charge in [-0.25, -0.2) is 0 Å². The second kappa shape index (κ2) is 4.43. The Hall–Kier alpha value is -2.08. The maximum Gasteiger partial charge on any atom is 0.0950 e. The first-order valence-corrected chi connectivity index (χ1v) is 4.75. The SMILES string of the molecule is CC#CCNc1cnnc2ccccc12. The molecule has 1 N–H and O–H groups in total. The molecule has 0 aliphatic heterocycles. The molecule has 0 radical (unpaired) electrons. The number of anilines is 1. The van der Waals surface area contributed by atoms with Crippen molar-refractivity contribution in [3.05, 3.63) is 30.5 Å². The van der Waals surface area contributed by atoms with Gasteiger partial charge in [0.15, 0.2) is 0 Å². The largest absolute Gasteiger partial charge is 0.372 e. The van der Waals surface area contributed by atoms with E-state index in [2.05, 4.69) is 27.4 Å². The first-order valence-electron chi connectivity index (χ1n) is 4.75. The lowest BCUT2D eigenvalue weighted by Gasteiger charge is -2.04. The van der Waals surface area contributed by atoms with Gasteiger partial charge >= 0.3 is 0 Å². The van der Waals surface area contributed by atoms with Gasteiger partial charge < -0.3 is 5.32 Å². The van der Waals surface area contributed by atoms with Gasteiger partial charge in [0, 0.05) is 5.39 Å². The van der Waals surface area contributed by atoms with Crippen molar-refractivity contribution in [2.75, 3.05) is 11.9 Å². The summed E-state index contributed by atoms with van der Waals surface area (Å²) in [5.41, 5.74) is 1.87. The molecule has 0 saturated heterocycles. The zero-order valence-electron chi connectivity index (χ0n) is 8.49. The fraction of sp³-hybridized carbons (Fsp3) is 0.167. The van der Waals surface area contributed by atoms with Crippen LogP contribution in [0.3, 0.4) is 0 Å². The van der Waals surface area contributed by atoms with E-state index in [1.54, 1.807) is 6.20 Å². The van der Waals surface area contributed by atoms with Gasteiger partial charge in [0.05, 0.1) is 23.9 Å². The third-order valence-electron chi connectivity index (χ3n) is 2.09. The van der Waals surface area contributed by atoms with E-state index < -0.39 is 0 Å². The Bertz CT molecular complexity index is 518. The Morgan fingerprint density at radius 1 is 1.33 bits per heavy atom. The van der Waals surface area contributed by atoms with E-state index in [1.807, 2.05) is 31.2 Å². The predicted octanol–water partition coefficient (Wildman–Crippen LogP) is 2.06. The average Bonchev–Trinajstić information content (AvgIpc) is 2.30. The van der Waals surface area contributed by atoms with Gasteiger partial charge in [-0.2, -0.15) is 10.2 Å². The Morgan fingerprint density at radius 2 is 2.20 bits per heavy atom. The van der Waals surface area contributed by atoms with Gasteiger partial charge in [-0.3, -0.25) is 0 Å². The molecule has 3 heteroatoms. The number of nitrogens with zero attached hydrogens (tertiary/aromatic N) is 2. The van der Waals surface area contributed by atoms with Crippen LogP contribution in [0.1, 0.15) is 6.92 Å². The van der Waals surface area contributed by atoms with Crippen molar-refractivity contribution >= 4 is 16.6 Å². The molecule has 0 saturated carbocycles. The van der Waals surface area contributed by atoms with Crippen LogP contribution in [-0.4, -0.2) is 16.7 Å². The summed E-state index contributed by atoms with van der Waals surface area (Å²) >= 11 is 0. The summed E-state index contributed by atoms with van der Waals surface area (Å²) < 4.78 is 0. The zero-order valence-corrected chi connectivity index (χ0v) is 8.49. The molecular formula is C12H11N3. The summed E-state index contributed by atoms with van der Waals surface area (Å²) in [7, 11) is 0. The number of benzene rings is 1. The molecule has 2 aromatic rings. The van der Waals surface area contributed by atoms with Crippen molar-refractivity contribution in [1.29, 1.82) is 0 Å². The zero-order chi connectivity index (χ0) is 10.5. The minimum Gasteiger partial charge on any atom is -0.372 e. The summed E-state index contributed by atoms with van der Waals surface area (Å²) in [6.07, 6.45) is 1.72. The maximum atomic E-state index is 4.04. The van der Waals surface area contributed by atoms with Crippen LogP contribution in [0.15, 0.2) is 30.5 Å². The van der Waals surface area contributed by atoms with Crippen molar-refractivity contribution in [3.8, 4) is 11.8 Å². The highest BCUT2D eigenvalue weighted by atomic mass is 15.1. The summed E-state index contributed by atoms with van der Waals surface area (Å²) in [6.45, 7) is 2.46. The van der Waals surface area contributed by atoms with Crippen LogP contribution in [-0.2, 0) is 0 Å². The highest BCUT2D eigenvalue weighted by Crippen LogP contribution is 2.18. The Balaban J connectivity index is 2.36. The first kappa shape index (κ1) is 9.47. The monoisotopic (exact) mass is 197 g/mol. The molecule has 0 fully saturated rings. The van der Waals surface area contributed by atoms with Gasteiger partial charge in [-0.15, -0.1) is 5.92 Å². The van der Waals surface area contributed by atoms with Crippen LogP contribution in [0, 0.1) is 11.8 Å². The summed E-state index contributed by atoms with van der Waals surface area (Å²) in [5, 5.41) is 12.3. The highest BCUT2D eigenvalue weighted by molar-refractivity contribution is 5.90. The Labute approximate surface area is 88.5 Å². The normalized spacial score (nSPS) is 9.40. The molecule has 3 nitrogen and oxygen atoms in total. The topological polar surface area (TPSA) is 37.8 Å². The van der Waals surface area contributed by atoms with E-state index >= 15 is 0 Å². The molecular weight excluding hydrogens is 186 g/mol. The molecule has 1 aromatic carbocycles. The van der Waals surface area contributed by atoms with E-state index in [-0.39, 0.29) is 0 Å². The van der Waals surface area contributed by atoms with Gasteiger partial charge in [-0.05, 0) is 13.0 Å². The Kier molecular flexibility index (Phi) is 2.80. The highest BCUT2D eigenvalue weighted by Gasteiger charge is 1.99. The van der Waals surface area contributed by atoms with Gasteiger partial charge in [0.1, 0.15) is 0 Å². The van der Waals surface area contributed by atoms with E-state index in [4.69, 9.17) is 0 Å². The lowest BCUT2D eigenvalue weighted by molar-refractivity contribution is 1.07. The van der Waals surface area contributed by atoms with Crippen molar-refractivity contribution in [2.45, 2.75) is 6.92 Å². The number of hydrogen-bond acceptors (Lipinski definition) is 3. The predicted molar refractivity (Wildman–Crippen MR) is 61.5 cm³/mol.